The molecule has 0 aliphatic rings. The number of hydrogen-bond acceptors (Lipinski definition) is 5. The van der Waals surface area contributed by atoms with Gasteiger partial charge in [0.25, 0.3) is 12.1 Å². The Bertz CT molecular complexity index is 414. The third-order valence-corrected chi connectivity index (χ3v) is 2.49. The van der Waals surface area contributed by atoms with Crippen LogP contribution in [0.1, 0.15) is 11.7 Å². The van der Waals surface area contributed by atoms with Crippen LogP contribution in [0.5, 0.6) is 0 Å². The maximum atomic E-state index is 11.7. The second-order valence-corrected chi connectivity index (χ2v) is 4.03. The molecular weight excluding hydrogens is 274 g/mol. The first kappa shape index (κ1) is 16.4. The fourth-order valence-corrected chi connectivity index (χ4v) is 1.49. The molecule has 0 amide bonds. The van der Waals surface area contributed by atoms with Crippen LogP contribution in [0.3, 0.4) is 0 Å². The molecule has 6 nitrogen and oxygen atoms in total. The van der Waals surface area contributed by atoms with Gasteiger partial charge in [-0.05, 0) is 17.7 Å². The van der Waals surface area contributed by atoms with E-state index < -0.39 is 24.1 Å². The quantitative estimate of drug-likeness (QED) is 0.409. The van der Waals surface area contributed by atoms with E-state index in [-0.39, 0.29) is 18.8 Å². The molecule has 1 unspecified atom stereocenters. The van der Waals surface area contributed by atoms with Crippen molar-refractivity contribution in [1.82, 2.24) is 5.32 Å². The molecule has 0 heterocycles. The van der Waals surface area contributed by atoms with Crippen molar-refractivity contribution in [2.24, 2.45) is 0 Å². The summed E-state index contributed by atoms with van der Waals surface area (Å²) in [5, 5.41) is 23.1. The van der Waals surface area contributed by atoms with Gasteiger partial charge in [-0.2, -0.15) is 0 Å². The van der Waals surface area contributed by atoms with E-state index in [1.54, 1.807) is 0 Å². The minimum absolute atomic E-state index is 0.0469. The first-order valence-electron chi connectivity index (χ1n) is 5.99. The van der Waals surface area contributed by atoms with Crippen LogP contribution in [-0.4, -0.2) is 42.8 Å². The summed E-state index contributed by atoms with van der Waals surface area (Å²) in [5.74, 6) is 0. The summed E-state index contributed by atoms with van der Waals surface area (Å²) >= 11 is 0. The van der Waals surface area contributed by atoms with Gasteiger partial charge < -0.3 is 15.2 Å². The van der Waals surface area contributed by atoms with Gasteiger partial charge in [-0.1, -0.05) is 0 Å². The first-order chi connectivity index (χ1) is 9.50. The maximum absolute atomic E-state index is 11.7. The molecular formula is C12H16F2N2O4. The lowest BCUT2D eigenvalue weighted by Crippen LogP contribution is -2.26. The maximum Gasteiger partial charge on any atom is 0.269 e. The van der Waals surface area contributed by atoms with Crippen LogP contribution in [0, 0.1) is 10.1 Å². The molecule has 1 atom stereocenters. The van der Waals surface area contributed by atoms with Crippen LogP contribution in [0.15, 0.2) is 24.3 Å². The number of rotatable bonds is 9. The third-order valence-electron chi connectivity index (χ3n) is 2.49. The monoisotopic (exact) mass is 290 g/mol. The fraction of sp³-hybridized carbons (Fsp3) is 0.500. The first-order valence-corrected chi connectivity index (χ1v) is 5.99. The van der Waals surface area contributed by atoms with Gasteiger partial charge in [0.05, 0.1) is 17.6 Å². The van der Waals surface area contributed by atoms with E-state index in [1.807, 2.05) is 0 Å². The number of hydrogen-bond donors (Lipinski definition) is 2. The van der Waals surface area contributed by atoms with Crippen LogP contribution < -0.4 is 5.32 Å². The highest BCUT2D eigenvalue weighted by Gasteiger charge is 2.10. The Labute approximate surface area is 114 Å². The number of halogens is 2. The van der Waals surface area contributed by atoms with Crippen LogP contribution in [-0.2, 0) is 4.74 Å². The van der Waals surface area contributed by atoms with Gasteiger partial charge in [0.1, 0.15) is 6.61 Å². The van der Waals surface area contributed by atoms with E-state index in [2.05, 4.69) is 10.1 Å². The highest BCUT2D eigenvalue weighted by molar-refractivity contribution is 5.33. The molecule has 8 heteroatoms. The van der Waals surface area contributed by atoms with Crippen molar-refractivity contribution in [2.75, 3.05) is 26.3 Å². The number of aliphatic hydroxyl groups excluding tert-OH is 1. The molecule has 1 aromatic carbocycles. The predicted octanol–water partition coefficient (Wildman–Crippen LogP) is 1.50. The van der Waals surface area contributed by atoms with E-state index in [0.717, 1.165) is 0 Å². The Morgan fingerprint density at radius 3 is 2.55 bits per heavy atom. The normalized spacial score (nSPS) is 12.6. The van der Waals surface area contributed by atoms with Crippen molar-refractivity contribution in [3.63, 3.8) is 0 Å². The lowest BCUT2D eigenvalue weighted by molar-refractivity contribution is -0.384. The third kappa shape index (κ3) is 6.00. The van der Waals surface area contributed by atoms with Gasteiger partial charge in [0.2, 0.25) is 0 Å². The largest absolute Gasteiger partial charge is 0.387 e. The van der Waals surface area contributed by atoms with Gasteiger partial charge in [-0.25, -0.2) is 8.78 Å². The van der Waals surface area contributed by atoms with Crippen molar-refractivity contribution in [2.45, 2.75) is 12.5 Å². The molecule has 0 fully saturated rings. The van der Waals surface area contributed by atoms with E-state index >= 15 is 0 Å². The van der Waals surface area contributed by atoms with E-state index in [0.29, 0.717) is 12.1 Å². The molecule has 0 spiro atoms. The SMILES string of the molecule is O=[N+]([O-])c1ccc(C(O)CNCCOCC(F)F)cc1. The fourth-order valence-electron chi connectivity index (χ4n) is 1.49. The Kier molecular flexibility index (Phi) is 6.99. The molecule has 2 N–H and O–H groups in total. The van der Waals surface area contributed by atoms with Crippen LogP contribution >= 0.6 is 0 Å². The smallest absolute Gasteiger partial charge is 0.269 e. The number of nitrogens with zero attached hydrogens (tertiary/aromatic N) is 1. The summed E-state index contributed by atoms with van der Waals surface area (Å²) in [4.78, 5) is 9.95. The highest BCUT2D eigenvalue weighted by Crippen LogP contribution is 2.17. The average Bonchev–Trinajstić information content (AvgIpc) is 2.42. The lowest BCUT2D eigenvalue weighted by atomic mass is 10.1. The molecule has 0 aliphatic heterocycles. The topological polar surface area (TPSA) is 84.6 Å². The summed E-state index contributed by atoms with van der Waals surface area (Å²) in [6.45, 7) is 0.0521. The second-order valence-electron chi connectivity index (χ2n) is 4.03. The van der Waals surface area contributed by atoms with Crippen LogP contribution in [0.2, 0.25) is 0 Å². The van der Waals surface area contributed by atoms with Gasteiger partial charge in [-0.15, -0.1) is 0 Å². The predicted molar refractivity (Wildman–Crippen MR) is 67.7 cm³/mol. The number of nitrogens with one attached hydrogen (secondary N) is 1. The van der Waals surface area contributed by atoms with Crippen LogP contribution in [0.4, 0.5) is 14.5 Å². The van der Waals surface area contributed by atoms with Crippen molar-refractivity contribution >= 4 is 5.69 Å². The van der Waals surface area contributed by atoms with E-state index in [4.69, 9.17) is 0 Å². The van der Waals surface area contributed by atoms with E-state index in [9.17, 15) is 24.0 Å². The molecule has 112 valence electrons. The highest BCUT2D eigenvalue weighted by atomic mass is 19.3. The van der Waals surface area contributed by atoms with Gasteiger partial charge in [0, 0.05) is 25.2 Å². The van der Waals surface area contributed by atoms with E-state index in [1.165, 1.54) is 24.3 Å². The number of benzene rings is 1. The Hall–Kier alpha value is -1.64. The molecule has 0 aromatic heterocycles. The standard InChI is InChI=1S/C12H16F2N2O4/c13-12(14)8-20-6-5-15-7-11(17)9-1-3-10(4-2-9)16(18)19/h1-4,11-12,15,17H,5-8H2. The molecule has 1 rings (SSSR count). The zero-order chi connectivity index (χ0) is 15.0. The number of nitro groups is 1. The molecule has 0 saturated carbocycles. The zero-order valence-electron chi connectivity index (χ0n) is 10.7. The molecule has 0 radical (unpaired) electrons. The van der Waals surface area contributed by atoms with Crippen molar-refractivity contribution in [3.05, 3.63) is 39.9 Å². The molecule has 0 bridgehead atoms. The number of nitro benzene ring substituents is 1. The molecule has 0 aliphatic carbocycles. The average molecular weight is 290 g/mol. The summed E-state index contributed by atoms with van der Waals surface area (Å²) in [7, 11) is 0. The van der Waals surface area contributed by atoms with Crippen molar-refractivity contribution < 1.29 is 23.5 Å². The number of ether oxygens (including phenoxy) is 1. The molecule has 0 saturated heterocycles. The second kappa shape index (κ2) is 8.51. The lowest BCUT2D eigenvalue weighted by Gasteiger charge is -2.12. The number of non-ortho nitro benzene ring substituents is 1. The number of aliphatic hydroxyl groups is 1. The van der Waals surface area contributed by atoms with Gasteiger partial charge in [-0.3, -0.25) is 10.1 Å². The Morgan fingerprint density at radius 1 is 1.35 bits per heavy atom. The number of alkyl halides is 2. The minimum Gasteiger partial charge on any atom is -0.387 e. The Balaban J connectivity index is 2.25. The van der Waals surface area contributed by atoms with Gasteiger partial charge >= 0.3 is 0 Å². The molecule has 1 aromatic rings. The summed E-state index contributed by atoms with van der Waals surface area (Å²) in [6.07, 6.45) is -3.31. The summed E-state index contributed by atoms with van der Waals surface area (Å²) in [5.41, 5.74) is 0.492. The van der Waals surface area contributed by atoms with Crippen molar-refractivity contribution in [3.8, 4) is 0 Å². The van der Waals surface area contributed by atoms with Crippen LogP contribution in [0.25, 0.3) is 0 Å². The van der Waals surface area contributed by atoms with Gasteiger partial charge in [0.15, 0.2) is 0 Å². The molecule has 20 heavy (non-hydrogen) atoms. The zero-order valence-corrected chi connectivity index (χ0v) is 10.7. The summed E-state index contributed by atoms with van der Waals surface area (Å²) in [6, 6.07) is 5.56. The van der Waals surface area contributed by atoms with Crippen molar-refractivity contribution in [1.29, 1.82) is 0 Å². The summed E-state index contributed by atoms with van der Waals surface area (Å²) < 4.78 is 28.2. The minimum atomic E-state index is -2.49. The Morgan fingerprint density at radius 2 is 2.00 bits per heavy atom.